The summed E-state index contributed by atoms with van der Waals surface area (Å²) in [5, 5.41) is 23.2. The Morgan fingerprint density at radius 1 is 1.42 bits per heavy atom. The van der Waals surface area contributed by atoms with Crippen LogP contribution >= 0.6 is 11.8 Å². The van der Waals surface area contributed by atoms with E-state index in [2.05, 4.69) is 15.5 Å². The first-order valence-electron chi connectivity index (χ1n) is 7.43. The number of hydrogen-bond donors (Lipinski definition) is 0. The number of aliphatic carboxylic acids is 1. The Hall–Kier alpha value is -1.47. The second kappa shape index (κ2) is 6.93. The number of aromatic nitrogens is 4. The number of carboxylic acid groups (broad SMARTS) is 1. The number of nitrogens with zero attached hydrogens (tertiary/aromatic N) is 6. The molecule has 1 aromatic heterocycles. The summed E-state index contributed by atoms with van der Waals surface area (Å²) in [6, 6.07) is -1.21. The summed E-state index contributed by atoms with van der Waals surface area (Å²) >= 11 is 1.24. The van der Waals surface area contributed by atoms with E-state index in [4.69, 9.17) is 4.74 Å². The van der Waals surface area contributed by atoms with Crippen molar-refractivity contribution in [3.8, 4) is 0 Å². The van der Waals surface area contributed by atoms with Gasteiger partial charge in [-0.1, -0.05) is 11.8 Å². The molecule has 3 aliphatic heterocycles. The van der Waals surface area contributed by atoms with Gasteiger partial charge in [-0.15, -0.1) is 5.10 Å². The smallest absolute Gasteiger partial charge is 0.543 e. The van der Waals surface area contributed by atoms with Gasteiger partial charge in [0.15, 0.2) is 0 Å². The van der Waals surface area contributed by atoms with Gasteiger partial charge in [-0.25, -0.2) is 4.68 Å². The van der Waals surface area contributed by atoms with Gasteiger partial charge in [-0.2, -0.15) is 0 Å². The molecule has 0 bridgehead atoms. The van der Waals surface area contributed by atoms with Gasteiger partial charge in [0.2, 0.25) is 11.1 Å². The fraction of sp³-hybridized carbons (Fsp3) is 0.538. The summed E-state index contributed by atoms with van der Waals surface area (Å²) in [5.74, 6) is -1.92. The molecule has 0 spiro atoms. The van der Waals surface area contributed by atoms with Crippen LogP contribution in [-0.2, 0) is 26.2 Å². The van der Waals surface area contributed by atoms with Gasteiger partial charge in [0.25, 0.3) is 5.91 Å². The average Bonchev–Trinajstić information content (AvgIpc) is 3.11. The molecule has 2 fully saturated rings. The Labute approximate surface area is 174 Å². The molecule has 11 nitrogen and oxygen atoms in total. The molecule has 1 aromatic rings. The number of rotatable bonds is 4. The van der Waals surface area contributed by atoms with Crippen molar-refractivity contribution in [2.24, 2.45) is 7.05 Å². The predicted octanol–water partition coefficient (Wildman–Crippen LogP) is -5.89. The third kappa shape index (κ3) is 2.67. The minimum Gasteiger partial charge on any atom is -0.543 e. The van der Waals surface area contributed by atoms with Crippen molar-refractivity contribution in [2.75, 3.05) is 12.5 Å². The van der Waals surface area contributed by atoms with Crippen LogP contribution in [0.1, 0.15) is 6.92 Å². The van der Waals surface area contributed by atoms with Crippen molar-refractivity contribution in [3.63, 3.8) is 0 Å². The van der Waals surface area contributed by atoms with Gasteiger partial charge < -0.3 is 19.5 Å². The fourth-order valence-electron chi connectivity index (χ4n) is 3.46. The Bertz CT molecular complexity index is 828. The maximum atomic E-state index is 12.4. The van der Waals surface area contributed by atoms with Crippen LogP contribution < -0.4 is 34.7 Å². The molecule has 2 amide bonds. The zero-order valence-corrected chi connectivity index (χ0v) is 17.1. The molecule has 3 atom stereocenters. The van der Waals surface area contributed by atoms with E-state index in [-0.39, 0.29) is 53.6 Å². The second-order valence-corrected chi connectivity index (χ2v) is 6.83. The molecule has 4 heterocycles. The quantitative estimate of drug-likeness (QED) is 0.281. The monoisotopic (exact) mass is 388 g/mol. The number of β-lactam (4-membered cyclic amide) rings is 1. The molecular weight excluding hydrogens is 375 g/mol. The van der Waals surface area contributed by atoms with E-state index in [0.717, 1.165) is 0 Å². The molecular formula is C13H13N6NaO5S. The number of thioether (sulfide) groups is 1. The molecule has 0 saturated carbocycles. The third-order valence-electron chi connectivity index (χ3n) is 4.58. The molecule has 132 valence electrons. The zero-order chi connectivity index (χ0) is 17.9. The number of ether oxygens (including phenoxy) is 1. The van der Waals surface area contributed by atoms with E-state index in [9.17, 15) is 19.5 Å². The van der Waals surface area contributed by atoms with Gasteiger partial charge >= 0.3 is 29.6 Å². The minimum atomic E-state index is -1.44. The first kappa shape index (κ1) is 19.3. The third-order valence-corrected chi connectivity index (χ3v) is 5.64. The van der Waals surface area contributed by atoms with Crippen molar-refractivity contribution < 1.29 is 53.8 Å². The van der Waals surface area contributed by atoms with E-state index in [1.807, 2.05) is 0 Å². The summed E-state index contributed by atoms with van der Waals surface area (Å²) in [4.78, 5) is 38.2. The van der Waals surface area contributed by atoms with Crippen LogP contribution in [0.5, 0.6) is 0 Å². The number of carboxylic acids is 1. The van der Waals surface area contributed by atoms with Crippen molar-refractivity contribution >= 4 is 29.5 Å². The van der Waals surface area contributed by atoms with Crippen LogP contribution in [-0.4, -0.2) is 78.5 Å². The SMILES string of the molecule is CC(=O)N1COC2C(CSc3nnnn3C)=C(C(=O)[O-])N3C(=O)[C@@H]1[C@@H]23.[Na+]. The van der Waals surface area contributed by atoms with Gasteiger partial charge in [0.05, 0.1) is 17.7 Å². The summed E-state index contributed by atoms with van der Waals surface area (Å²) in [6.07, 6.45) is -0.583. The Morgan fingerprint density at radius 2 is 2.15 bits per heavy atom. The fourth-order valence-corrected chi connectivity index (χ4v) is 4.36. The van der Waals surface area contributed by atoms with Crippen molar-refractivity contribution in [3.05, 3.63) is 11.3 Å². The number of hydrogen-bond acceptors (Lipinski definition) is 9. The van der Waals surface area contributed by atoms with Crippen molar-refractivity contribution in [2.45, 2.75) is 30.3 Å². The Kier molecular flexibility index (Phi) is 5.14. The van der Waals surface area contributed by atoms with E-state index in [1.54, 1.807) is 7.05 Å². The molecule has 0 radical (unpaired) electrons. The van der Waals surface area contributed by atoms with Crippen LogP contribution in [0.2, 0.25) is 0 Å². The molecule has 0 aromatic carbocycles. The number of carbonyl (C=O) groups excluding carboxylic acids is 3. The minimum absolute atomic E-state index is 0. The van der Waals surface area contributed by atoms with Crippen LogP contribution in [0, 0.1) is 0 Å². The van der Waals surface area contributed by atoms with Gasteiger partial charge in [-0.05, 0) is 16.0 Å². The van der Waals surface area contributed by atoms with E-state index < -0.39 is 30.1 Å². The molecule has 26 heavy (non-hydrogen) atoms. The molecule has 0 aliphatic carbocycles. The average molecular weight is 388 g/mol. The van der Waals surface area contributed by atoms with E-state index in [0.29, 0.717) is 10.7 Å². The molecule has 0 N–H and O–H groups in total. The normalized spacial score (nSPS) is 26.4. The molecule has 2 saturated heterocycles. The van der Waals surface area contributed by atoms with Crippen LogP contribution in [0.25, 0.3) is 0 Å². The first-order chi connectivity index (χ1) is 11.9. The molecule has 13 heteroatoms. The number of amides is 2. The van der Waals surface area contributed by atoms with Crippen molar-refractivity contribution in [1.29, 1.82) is 0 Å². The first-order valence-corrected chi connectivity index (χ1v) is 8.41. The zero-order valence-electron chi connectivity index (χ0n) is 14.3. The summed E-state index contributed by atoms with van der Waals surface area (Å²) in [7, 11) is 1.67. The maximum absolute atomic E-state index is 12.4. The predicted molar refractivity (Wildman–Crippen MR) is 78.2 cm³/mol. The van der Waals surface area contributed by atoms with E-state index >= 15 is 0 Å². The summed E-state index contributed by atoms with van der Waals surface area (Å²) in [6.45, 7) is 1.29. The van der Waals surface area contributed by atoms with Gasteiger partial charge in [0, 0.05) is 19.7 Å². The molecule has 4 rings (SSSR count). The second-order valence-electron chi connectivity index (χ2n) is 5.88. The largest absolute Gasteiger partial charge is 1.00 e. The standard InChI is InChI=1S/C13H14N6O5S.Na/c1-5(20)18-4-24-10-6(3-25-13-14-15-16-17(13)2)7(12(22)23)19-8(10)9(18)11(19)21;/h8-10H,3-4H2,1-2H3,(H,22,23);/q;+1/p-1/t8-,9-,10?;/m0./s1. The van der Waals surface area contributed by atoms with Gasteiger partial charge in [-0.3, -0.25) is 14.5 Å². The number of tetrazole rings is 1. The Morgan fingerprint density at radius 3 is 2.73 bits per heavy atom. The van der Waals surface area contributed by atoms with Crippen molar-refractivity contribution in [1.82, 2.24) is 30.0 Å². The molecule has 1 unspecified atom stereocenters. The molecule has 3 aliphatic rings. The van der Waals surface area contributed by atoms with Gasteiger partial charge in [0.1, 0.15) is 18.9 Å². The van der Waals surface area contributed by atoms with E-state index in [1.165, 1.54) is 33.2 Å². The topological polar surface area (TPSA) is 134 Å². The number of aryl methyl sites for hydroxylation is 1. The van der Waals surface area contributed by atoms with Crippen LogP contribution in [0.15, 0.2) is 16.4 Å². The number of carbonyl (C=O) groups is 3. The summed E-state index contributed by atoms with van der Waals surface area (Å²) < 4.78 is 7.17. The maximum Gasteiger partial charge on any atom is 1.00 e. The Balaban J connectivity index is 0.00000196. The summed E-state index contributed by atoms with van der Waals surface area (Å²) in [5.41, 5.74) is 0.265. The van der Waals surface area contributed by atoms with Crippen LogP contribution in [0.4, 0.5) is 0 Å². The van der Waals surface area contributed by atoms with Crippen LogP contribution in [0.3, 0.4) is 0 Å².